The first-order valence-corrected chi connectivity index (χ1v) is 9.99. The first-order valence-electron chi connectivity index (χ1n) is 9.99. The molecule has 2 unspecified atom stereocenters. The third-order valence-corrected chi connectivity index (χ3v) is 5.41. The summed E-state index contributed by atoms with van der Waals surface area (Å²) in [6.45, 7) is 16.9. The Bertz CT molecular complexity index is 526. The lowest BCUT2D eigenvalue weighted by Gasteiger charge is -2.22. The van der Waals surface area contributed by atoms with Gasteiger partial charge in [0.25, 0.3) is 0 Å². The van der Waals surface area contributed by atoms with Gasteiger partial charge < -0.3 is 33.5 Å². The molecule has 29 heavy (non-hydrogen) atoms. The van der Waals surface area contributed by atoms with Crippen LogP contribution in [-0.4, -0.2) is 59.8 Å². The third kappa shape index (κ3) is 5.28. The predicted octanol–water partition coefficient (Wildman–Crippen LogP) is 3.51. The second kappa shape index (κ2) is 9.14. The number of hydrogen-bond acceptors (Lipinski definition) is 7. The largest absolute Gasteiger partial charge is 0.387 e. The molecule has 0 bridgehead atoms. The summed E-state index contributed by atoms with van der Waals surface area (Å²) < 4.78 is 33.7. The summed E-state index contributed by atoms with van der Waals surface area (Å²) in [5, 5.41) is 9.84. The molecule has 168 valence electrons. The van der Waals surface area contributed by atoms with Crippen molar-refractivity contribution in [3.63, 3.8) is 0 Å². The fraction of sp³-hybridized carbons (Fsp3) is 0.818. The number of rotatable bonds is 4. The second-order valence-corrected chi connectivity index (χ2v) is 8.68. The van der Waals surface area contributed by atoms with Gasteiger partial charge in [0.2, 0.25) is 0 Å². The monoisotopic (exact) mass is 414 g/mol. The zero-order valence-electron chi connectivity index (χ0n) is 17.5. The van der Waals surface area contributed by atoms with Crippen LogP contribution in [0.3, 0.4) is 0 Å². The molecule has 0 amide bonds. The van der Waals surface area contributed by atoms with E-state index in [1.54, 1.807) is 6.08 Å². The van der Waals surface area contributed by atoms with Crippen molar-refractivity contribution in [2.24, 2.45) is 5.92 Å². The Kier molecular flexibility index (Phi) is 7.71. The van der Waals surface area contributed by atoms with Gasteiger partial charge in [0, 0.05) is 5.92 Å². The van der Waals surface area contributed by atoms with Crippen LogP contribution in [0.1, 0.15) is 54.9 Å². The SMILES string of the molecule is C.C=CC[C@H]1O[C@@H]2OC(C)(C)OC2[C@H]1C.C=CC[C@H]1O[C@@H]2OC(C)(C)OC2[C@H]1O. The topological polar surface area (TPSA) is 75.6 Å². The molecule has 4 rings (SSSR count). The summed E-state index contributed by atoms with van der Waals surface area (Å²) in [6, 6.07) is 0. The van der Waals surface area contributed by atoms with Gasteiger partial charge in [0.15, 0.2) is 24.2 Å². The number of aliphatic hydroxyl groups is 1. The van der Waals surface area contributed by atoms with Crippen LogP contribution in [0.5, 0.6) is 0 Å². The first-order chi connectivity index (χ1) is 13.1. The van der Waals surface area contributed by atoms with E-state index in [0.29, 0.717) is 12.3 Å². The summed E-state index contributed by atoms with van der Waals surface area (Å²) in [5.41, 5.74) is 0. The van der Waals surface area contributed by atoms with Crippen LogP contribution in [-0.2, 0) is 28.4 Å². The maximum absolute atomic E-state index is 9.84. The predicted molar refractivity (Wildman–Crippen MR) is 109 cm³/mol. The van der Waals surface area contributed by atoms with E-state index in [1.165, 1.54) is 0 Å². The van der Waals surface area contributed by atoms with Crippen molar-refractivity contribution in [2.45, 2.75) is 110 Å². The van der Waals surface area contributed by atoms with Gasteiger partial charge >= 0.3 is 0 Å². The molecule has 4 fully saturated rings. The molecule has 4 aliphatic rings. The Labute approximate surface area is 174 Å². The summed E-state index contributed by atoms with van der Waals surface area (Å²) >= 11 is 0. The number of hydrogen-bond donors (Lipinski definition) is 1. The number of fused-ring (bicyclic) bond motifs is 2. The highest BCUT2D eigenvalue weighted by Gasteiger charge is 2.54. The highest BCUT2D eigenvalue weighted by molar-refractivity contribution is 4.95. The van der Waals surface area contributed by atoms with Gasteiger partial charge in [-0.15, -0.1) is 13.2 Å². The summed E-state index contributed by atoms with van der Waals surface area (Å²) in [4.78, 5) is 0. The van der Waals surface area contributed by atoms with Crippen molar-refractivity contribution < 1.29 is 33.5 Å². The molecule has 0 aromatic heterocycles. The number of ether oxygens (including phenoxy) is 6. The van der Waals surface area contributed by atoms with Crippen LogP contribution in [0.15, 0.2) is 25.3 Å². The summed E-state index contributed by atoms with van der Waals surface area (Å²) in [5.74, 6) is -0.780. The molecule has 0 radical (unpaired) electrons. The Morgan fingerprint density at radius 2 is 1.24 bits per heavy atom. The van der Waals surface area contributed by atoms with Crippen LogP contribution in [0.4, 0.5) is 0 Å². The van der Waals surface area contributed by atoms with Gasteiger partial charge in [-0.05, 0) is 40.5 Å². The molecule has 0 saturated carbocycles. The van der Waals surface area contributed by atoms with Crippen molar-refractivity contribution in [1.29, 1.82) is 0 Å². The van der Waals surface area contributed by atoms with Gasteiger partial charge in [-0.1, -0.05) is 26.5 Å². The highest BCUT2D eigenvalue weighted by atomic mass is 16.8. The average Bonchev–Trinajstić information content (AvgIpc) is 3.23. The fourth-order valence-electron chi connectivity index (χ4n) is 4.08. The van der Waals surface area contributed by atoms with Crippen LogP contribution < -0.4 is 0 Å². The van der Waals surface area contributed by atoms with Gasteiger partial charge in [-0.25, -0.2) is 0 Å². The van der Waals surface area contributed by atoms with E-state index >= 15 is 0 Å². The van der Waals surface area contributed by atoms with Crippen molar-refractivity contribution in [1.82, 2.24) is 0 Å². The minimum Gasteiger partial charge on any atom is -0.387 e. The standard InChI is InChI=1S/C11H18O3.C10H16O4.CH4/c1-5-6-8-7(2)9-10(12-8)14-11(3,4)13-9;1-4-5-6-7(11)8-9(12-6)14-10(2,3)13-8;/h5,7-10H,1,6H2,2-4H3;4,6-9,11H,1,5H2,2-3H3;1H4/t7-,8+,9?,10+;6-,7+,8?,9-;/m01./s1. The molecule has 0 aromatic carbocycles. The highest BCUT2D eigenvalue weighted by Crippen LogP contribution is 2.41. The molecule has 1 N–H and O–H groups in total. The van der Waals surface area contributed by atoms with Crippen LogP contribution in [0.2, 0.25) is 0 Å². The van der Waals surface area contributed by atoms with Gasteiger partial charge in [-0.3, -0.25) is 0 Å². The molecular formula is C22H38O7. The smallest absolute Gasteiger partial charge is 0.190 e. The van der Waals surface area contributed by atoms with E-state index in [-0.39, 0.29) is 38.1 Å². The molecule has 8 atom stereocenters. The van der Waals surface area contributed by atoms with Crippen LogP contribution in [0.25, 0.3) is 0 Å². The van der Waals surface area contributed by atoms with Crippen LogP contribution >= 0.6 is 0 Å². The molecule has 4 aliphatic heterocycles. The quantitative estimate of drug-likeness (QED) is 0.706. The van der Waals surface area contributed by atoms with Gasteiger partial charge in [0.1, 0.15) is 18.3 Å². The molecule has 0 aromatic rings. The Morgan fingerprint density at radius 1 is 0.793 bits per heavy atom. The van der Waals surface area contributed by atoms with Gasteiger partial charge in [-0.2, -0.15) is 0 Å². The van der Waals surface area contributed by atoms with E-state index in [4.69, 9.17) is 28.4 Å². The maximum atomic E-state index is 9.84. The van der Waals surface area contributed by atoms with Crippen molar-refractivity contribution >= 4 is 0 Å². The Morgan fingerprint density at radius 3 is 1.72 bits per heavy atom. The number of aliphatic hydroxyl groups excluding tert-OH is 1. The Hall–Kier alpha value is -0.800. The molecular weight excluding hydrogens is 376 g/mol. The third-order valence-electron chi connectivity index (χ3n) is 5.41. The minimum atomic E-state index is -0.657. The van der Waals surface area contributed by atoms with Crippen molar-refractivity contribution in [3.8, 4) is 0 Å². The lowest BCUT2D eigenvalue weighted by molar-refractivity contribution is -0.214. The fourth-order valence-corrected chi connectivity index (χ4v) is 4.08. The lowest BCUT2D eigenvalue weighted by Crippen LogP contribution is -2.34. The molecule has 4 heterocycles. The van der Waals surface area contributed by atoms with Crippen molar-refractivity contribution in [2.75, 3.05) is 0 Å². The van der Waals surface area contributed by atoms with E-state index in [0.717, 1.165) is 6.42 Å². The molecule has 4 saturated heterocycles. The molecule has 0 aliphatic carbocycles. The molecule has 0 spiro atoms. The zero-order valence-corrected chi connectivity index (χ0v) is 17.5. The summed E-state index contributed by atoms with van der Waals surface area (Å²) in [7, 11) is 0. The average molecular weight is 415 g/mol. The van der Waals surface area contributed by atoms with E-state index in [1.807, 2.05) is 33.8 Å². The van der Waals surface area contributed by atoms with E-state index in [9.17, 15) is 5.11 Å². The molecule has 7 nitrogen and oxygen atoms in total. The van der Waals surface area contributed by atoms with E-state index < -0.39 is 24.0 Å². The first kappa shape index (κ1) is 24.5. The Balaban J connectivity index is 0.000000200. The van der Waals surface area contributed by atoms with Crippen LogP contribution in [0, 0.1) is 5.92 Å². The zero-order chi connectivity index (χ0) is 20.7. The van der Waals surface area contributed by atoms with E-state index in [2.05, 4.69) is 20.1 Å². The van der Waals surface area contributed by atoms with Crippen molar-refractivity contribution in [3.05, 3.63) is 25.3 Å². The second-order valence-electron chi connectivity index (χ2n) is 8.68. The minimum absolute atomic E-state index is 0. The maximum Gasteiger partial charge on any atom is 0.190 e. The summed E-state index contributed by atoms with van der Waals surface area (Å²) in [6.07, 6.45) is 3.48. The lowest BCUT2D eigenvalue weighted by atomic mass is 9.99. The normalized spacial score (nSPS) is 43.5. The van der Waals surface area contributed by atoms with Gasteiger partial charge in [0.05, 0.1) is 12.2 Å². The molecule has 7 heteroatoms.